The van der Waals surface area contributed by atoms with Crippen molar-refractivity contribution in [1.29, 1.82) is 0 Å². The fourth-order valence-electron chi connectivity index (χ4n) is 1.99. The fourth-order valence-corrected chi connectivity index (χ4v) is 1.99. The zero-order valence-corrected chi connectivity index (χ0v) is 10.6. The Morgan fingerprint density at radius 2 is 2.06 bits per heavy atom. The Kier molecular flexibility index (Phi) is 4.36. The third kappa shape index (κ3) is 3.11. The van der Waals surface area contributed by atoms with Crippen LogP contribution in [0.4, 0.5) is 11.4 Å². The molecule has 1 aromatic rings. The van der Waals surface area contributed by atoms with Gasteiger partial charge in [-0.1, -0.05) is 18.2 Å². The van der Waals surface area contributed by atoms with Gasteiger partial charge >= 0.3 is 0 Å². The molecule has 1 fully saturated rings. The first-order valence-electron chi connectivity index (χ1n) is 6.16. The number of morpholine rings is 1. The van der Waals surface area contributed by atoms with Gasteiger partial charge in [-0.3, -0.25) is 4.79 Å². The molecule has 1 heterocycles. The van der Waals surface area contributed by atoms with Gasteiger partial charge in [0.15, 0.2) is 0 Å². The molecule has 1 saturated heterocycles. The van der Waals surface area contributed by atoms with Gasteiger partial charge < -0.3 is 15.0 Å². The molecule has 0 radical (unpaired) electrons. The second-order valence-corrected chi connectivity index (χ2v) is 4.11. The van der Waals surface area contributed by atoms with Gasteiger partial charge in [0.1, 0.15) is 0 Å². The highest BCUT2D eigenvalue weighted by Crippen LogP contribution is 2.26. The van der Waals surface area contributed by atoms with E-state index in [-0.39, 0.29) is 5.91 Å². The number of carbonyl (C=O) groups is 1. The lowest BCUT2D eigenvalue weighted by Crippen LogP contribution is -2.36. The average Bonchev–Trinajstić information content (AvgIpc) is 2.40. The van der Waals surface area contributed by atoms with Gasteiger partial charge in [-0.05, 0) is 25.1 Å². The number of para-hydroxylation sites is 2. The second-order valence-electron chi connectivity index (χ2n) is 4.11. The highest BCUT2D eigenvalue weighted by atomic mass is 16.5. The van der Waals surface area contributed by atoms with Gasteiger partial charge in [0.2, 0.25) is 5.91 Å². The SMILES string of the molecule is C/C=C/C(=O)Nc1ccccc1N1CCOCC1. The van der Waals surface area contributed by atoms with E-state index < -0.39 is 0 Å². The van der Waals surface area contributed by atoms with Crippen LogP contribution >= 0.6 is 0 Å². The minimum absolute atomic E-state index is 0.0989. The summed E-state index contributed by atoms with van der Waals surface area (Å²) >= 11 is 0. The van der Waals surface area contributed by atoms with Crippen molar-refractivity contribution < 1.29 is 9.53 Å². The van der Waals surface area contributed by atoms with Crippen molar-refractivity contribution >= 4 is 17.3 Å². The Labute approximate surface area is 107 Å². The lowest BCUT2D eigenvalue weighted by molar-refractivity contribution is -0.111. The number of benzene rings is 1. The number of carbonyl (C=O) groups excluding carboxylic acids is 1. The Balaban J connectivity index is 2.16. The molecule has 0 aliphatic carbocycles. The first-order chi connectivity index (χ1) is 8.81. The molecule has 0 aromatic heterocycles. The van der Waals surface area contributed by atoms with Crippen molar-refractivity contribution in [3.05, 3.63) is 36.4 Å². The number of ether oxygens (including phenoxy) is 1. The maximum absolute atomic E-state index is 11.6. The Hall–Kier alpha value is -1.81. The smallest absolute Gasteiger partial charge is 0.248 e. The van der Waals surface area contributed by atoms with Gasteiger partial charge in [0.05, 0.1) is 24.6 Å². The van der Waals surface area contributed by atoms with E-state index in [1.807, 2.05) is 31.2 Å². The average molecular weight is 246 g/mol. The molecule has 1 amide bonds. The van der Waals surface area contributed by atoms with Crippen molar-refractivity contribution in [3.8, 4) is 0 Å². The van der Waals surface area contributed by atoms with Gasteiger partial charge in [-0.25, -0.2) is 0 Å². The third-order valence-corrected chi connectivity index (χ3v) is 2.83. The van der Waals surface area contributed by atoms with E-state index in [0.717, 1.165) is 37.7 Å². The van der Waals surface area contributed by atoms with E-state index >= 15 is 0 Å². The molecular weight excluding hydrogens is 228 g/mol. The standard InChI is InChI=1S/C14H18N2O2/c1-2-5-14(17)15-12-6-3-4-7-13(12)16-8-10-18-11-9-16/h2-7H,8-11H2,1H3,(H,15,17)/b5-2+. The molecule has 96 valence electrons. The number of nitrogens with one attached hydrogen (secondary N) is 1. The van der Waals surface area contributed by atoms with Crippen LogP contribution in [0.15, 0.2) is 36.4 Å². The molecule has 2 rings (SSSR count). The molecule has 0 saturated carbocycles. The number of amides is 1. The van der Waals surface area contributed by atoms with E-state index in [2.05, 4.69) is 10.2 Å². The normalized spacial score (nSPS) is 15.9. The van der Waals surface area contributed by atoms with Crippen molar-refractivity contribution in [2.24, 2.45) is 0 Å². The Morgan fingerprint density at radius 3 is 2.78 bits per heavy atom. The molecule has 18 heavy (non-hydrogen) atoms. The molecule has 1 aromatic carbocycles. The van der Waals surface area contributed by atoms with Gasteiger partial charge in [-0.15, -0.1) is 0 Å². The number of hydrogen-bond acceptors (Lipinski definition) is 3. The zero-order chi connectivity index (χ0) is 12.8. The van der Waals surface area contributed by atoms with Crippen LogP contribution in [0.1, 0.15) is 6.92 Å². The molecule has 1 aliphatic heterocycles. The first-order valence-corrected chi connectivity index (χ1v) is 6.16. The summed E-state index contributed by atoms with van der Waals surface area (Å²) in [6.45, 7) is 5.01. The molecule has 4 heteroatoms. The van der Waals surface area contributed by atoms with Gasteiger partial charge in [0.25, 0.3) is 0 Å². The van der Waals surface area contributed by atoms with Crippen LogP contribution in [0.5, 0.6) is 0 Å². The van der Waals surface area contributed by atoms with Crippen LogP contribution in [0.3, 0.4) is 0 Å². The summed E-state index contributed by atoms with van der Waals surface area (Å²) in [5.41, 5.74) is 1.90. The molecule has 0 atom stereocenters. The minimum Gasteiger partial charge on any atom is -0.378 e. The zero-order valence-electron chi connectivity index (χ0n) is 10.6. The number of rotatable bonds is 3. The van der Waals surface area contributed by atoms with Crippen molar-refractivity contribution in [2.75, 3.05) is 36.5 Å². The predicted molar refractivity (Wildman–Crippen MR) is 72.9 cm³/mol. The van der Waals surface area contributed by atoms with Crippen LogP contribution in [0, 0.1) is 0 Å². The predicted octanol–water partition coefficient (Wildman–Crippen LogP) is 2.04. The molecule has 0 unspecified atom stereocenters. The molecule has 1 N–H and O–H groups in total. The van der Waals surface area contributed by atoms with Crippen LogP contribution in [-0.2, 0) is 9.53 Å². The van der Waals surface area contributed by atoms with Crippen molar-refractivity contribution in [1.82, 2.24) is 0 Å². The number of allylic oxidation sites excluding steroid dienone is 1. The number of hydrogen-bond donors (Lipinski definition) is 1. The number of nitrogens with zero attached hydrogens (tertiary/aromatic N) is 1. The third-order valence-electron chi connectivity index (χ3n) is 2.83. The fraction of sp³-hybridized carbons (Fsp3) is 0.357. The van der Waals surface area contributed by atoms with Crippen molar-refractivity contribution in [3.63, 3.8) is 0 Å². The van der Waals surface area contributed by atoms with Crippen LogP contribution in [0.25, 0.3) is 0 Å². The summed E-state index contributed by atoms with van der Waals surface area (Å²) in [7, 11) is 0. The molecule has 0 spiro atoms. The van der Waals surface area contributed by atoms with Crippen LogP contribution in [0.2, 0.25) is 0 Å². The van der Waals surface area contributed by atoms with Crippen LogP contribution in [-0.4, -0.2) is 32.2 Å². The van der Waals surface area contributed by atoms with Gasteiger partial charge in [-0.2, -0.15) is 0 Å². The monoisotopic (exact) mass is 246 g/mol. The quantitative estimate of drug-likeness (QED) is 0.830. The summed E-state index contributed by atoms with van der Waals surface area (Å²) in [6, 6.07) is 7.86. The summed E-state index contributed by atoms with van der Waals surface area (Å²) in [5, 5.41) is 2.90. The molecule has 1 aliphatic rings. The van der Waals surface area contributed by atoms with E-state index in [4.69, 9.17) is 4.74 Å². The summed E-state index contributed by atoms with van der Waals surface area (Å²) in [6.07, 6.45) is 3.25. The maximum Gasteiger partial charge on any atom is 0.248 e. The first kappa shape index (κ1) is 12.6. The maximum atomic E-state index is 11.6. The highest BCUT2D eigenvalue weighted by Gasteiger charge is 2.14. The lowest BCUT2D eigenvalue weighted by Gasteiger charge is -2.30. The molecular formula is C14H18N2O2. The summed E-state index contributed by atoms with van der Waals surface area (Å²) < 4.78 is 5.34. The van der Waals surface area contributed by atoms with E-state index in [1.54, 1.807) is 6.08 Å². The Bertz CT molecular complexity index is 437. The topological polar surface area (TPSA) is 41.6 Å². The van der Waals surface area contributed by atoms with Crippen molar-refractivity contribution in [2.45, 2.75) is 6.92 Å². The second kappa shape index (κ2) is 6.21. The number of anilines is 2. The summed E-state index contributed by atoms with van der Waals surface area (Å²) in [5.74, 6) is -0.0989. The highest BCUT2D eigenvalue weighted by molar-refractivity contribution is 6.01. The van der Waals surface area contributed by atoms with Gasteiger partial charge in [0, 0.05) is 13.1 Å². The minimum atomic E-state index is -0.0989. The lowest BCUT2D eigenvalue weighted by atomic mass is 10.2. The summed E-state index contributed by atoms with van der Waals surface area (Å²) in [4.78, 5) is 13.8. The van der Waals surface area contributed by atoms with E-state index in [1.165, 1.54) is 6.08 Å². The molecule has 0 bridgehead atoms. The molecule has 4 nitrogen and oxygen atoms in total. The van der Waals surface area contributed by atoms with E-state index in [0.29, 0.717) is 0 Å². The van der Waals surface area contributed by atoms with E-state index in [9.17, 15) is 4.79 Å². The largest absolute Gasteiger partial charge is 0.378 e. The van der Waals surface area contributed by atoms with Crippen LogP contribution < -0.4 is 10.2 Å². The Morgan fingerprint density at radius 1 is 1.33 bits per heavy atom.